The number of benzene rings is 3. The second kappa shape index (κ2) is 14.4. The van der Waals surface area contributed by atoms with Gasteiger partial charge >= 0.3 is 0 Å². The van der Waals surface area contributed by atoms with Crippen LogP contribution in [-0.4, -0.2) is 71.5 Å². The van der Waals surface area contributed by atoms with Crippen LogP contribution in [0.25, 0.3) is 0 Å². The van der Waals surface area contributed by atoms with Crippen molar-refractivity contribution >= 4 is 11.7 Å². The third-order valence-electron chi connectivity index (χ3n) is 11.9. The number of likely N-dealkylation sites (tertiary alicyclic amines) is 1. The van der Waals surface area contributed by atoms with Crippen molar-refractivity contribution in [3.8, 4) is 17.2 Å². The summed E-state index contributed by atoms with van der Waals surface area (Å²) in [6.45, 7) is 6.47. The summed E-state index contributed by atoms with van der Waals surface area (Å²) in [7, 11) is 1.64. The number of aromatic hydroxyl groups is 1. The minimum Gasteiger partial charge on any atom is -0.508 e. The van der Waals surface area contributed by atoms with Crippen LogP contribution in [0.3, 0.4) is 0 Å². The molecule has 3 aromatic carbocycles. The zero-order valence-corrected chi connectivity index (χ0v) is 28.8. The fourth-order valence-corrected chi connectivity index (χ4v) is 9.72. The first-order chi connectivity index (χ1) is 24.0. The standard InChI is InChI=1S/C42H50N2O5/c1-3-24-43-26-23-42-32-21-22-33(41(42)49-40-37(48-2)28-36(46)31(39(40)42)27-34(32)43)44(25-13-12-16-29-14-6-4-7-15-29)38(47)20-11-10-19-35(45)30-17-8-5-9-18-30/h3-9,14-15,17-18,28,32-34,41,46H,1,10-13,16,19-27H2,2H3/t32-,33+,34+,41-,42-/m0/s1. The zero-order chi connectivity index (χ0) is 34.0. The van der Waals surface area contributed by atoms with E-state index in [9.17, 15) is 14.7 Å². The number of piperidine rings is 1. The number of ether oxygens (including phenoxy) is 2. The molecule has 2 fully saturated rings. The Morgan fingerprint density at radius 3 is 2.55 bits per heavy atom. The SMILES string of the molecule is C=CCN1CC[C@]23c4c5c(O)cc(OC)c4O[C@H]2[C@H](N(CCCCc2ccccc2)C(=O)CCCCC(=O)c2ccccc2)CC[C@H]3[C@H]1C5. The lowest BCUT2D eigenvalue weighted by molar-refractivity contribution is -0.142. The molecule has 2 heterocycles. The van der Waals surface area contributed by atoms with Crippen LogP contribution >= 0.6 is 0 Å². The molecule has 2 aliphatic heterocycles. The average molecular weight is 663 g/mol. The van der Waals surface area contributed by atoms with E-state index in [2.05, 4.69) is 40.6 Å². The summed E-state index contributed by atoms with van der Waals surface area (Å²) >= 11 is 0. The fourth-order valence-electron chi connectivity index (χ4n) is 9.72. The molecule has 7 nitrogen and oxygen atoms in total. The Hall–Kier alpha value is -4.10. The predicted molar refractivity (Wildman–Crippen MR) is 191 cm³/mol. The first kappa shape index (κ1) is 33.4. The van der Waals surface area contributed by atoms with Gasteiger partial charge in [-0.3, -0.25) is 14.5 Å². The number of hydrogen-bond donors (Lipinski definition) is 1. The number of amides is 1. The summed E-state index contributed by atoms with van der Waals surface area (Å²) < 4.78 is 12.9. The topological polar surface area (TPSA) is 79.3 Å². The highest BCUT2D eigenvalue weighted by molar-refractivity contribution is 5.96. The molecular weight excluding hydrogens is 612 g/mol. The summed E-state index contributed by atoms with van der Waals surface area (Å²) in [5, 5.41) is 11.3. The molecule has 0 aromatic heterocycles. The summed E-state index contributed by atoms with van der Waals surface area (Å²) in [5.74, 6) is 2.27. The zero-order valence-electron chi connectivity index (χ0n) is 28.8. The van der Waals surface area contributed by atoms with E-state index in [1.165, 1.54) is 5.56 Å². The van der Waals surface area contributed by atoms with E-state index >= 15 is 0 Å². The van der Waals surface area contributed by atoms with Gasteiger partial charge in [0, 0.05) is 60.1 Å². The molecule has 2 bridgehead atoms. The Bertz CT molecular complexity index is 1660. The number of ketones is 1. The number of carbonyl (C=O) groups is 2. The number of phenols is 1. The second-order valence-corrected chi connectivity index (χ2v) is 14.4. The van der Waals surface area contributed by atoms with Gasteiger partial charge in [0.2, 0.25) is 5.91 Å². The molecule has 1 spiro atoms. The van der Waals surface area contributed by atoms with Crippen molar-refractivity contribution in [1.82, 2.24) is 9.80 Å². The van der Waals surface area contributed by atoms with E-state index in [-0.39, 0.29) is 41.0 Å². The van der Waals surface area contributed by atoms with Crippen LogP contribution in [0.4, 0.5) is 0 Å². The van der Waals surface area contributed by atoms with Gasteiger partial charge in [-0.15, -0.1) is 6.58 Å². The highest BCUT2D eigenvalue weighted by Gasteiger charge is 2.67. The van der Waals surface area contributed by atoms with Crippen molar-refractivity contribution in [3.05, 3.63) is 102 Å². The van der Waals surface area contributed by atoms with E-state index in [1.807, 2.05) is 42.5 Å². The number of aryl methyl sites for hydroxylation is 1. The highest BCUT2D eigenvalue weighted by atomic mass is 16.5. The van der Waals surface area contributed by atoms with E-state index < -0.39 is 0 Å². The van der Waals surface area contributed by atoms with Gasteiger partial charge in [-0.2, -0.15) is 0 Å². The van der Waals surface area contributed by atoms with Gasteiger partial charge in [0.25, 0.3) is 0 Å². The monoisotopic (exact) mass is 662 g/mol. The third-order valence-corrected chi connectivity index (χ3v) is 11.9. The number of carbonyl (C=O) groups excluding carboxylic acids is 2. The molecule has 1 N–H and O–H groups in total. The fraction of sp³-hybridized carbons (Fsp3) is 0.476. The summed E-state index contributed by atoms with van der Waals surface area (Å²) in [6, 6.07) is 21.9. The summed E-state index contributed by atoms with van der Waals surface area (Å²) in [6.07, 6.45) is 10.5. The van der Waals surface area contributed by atoms with E-state index in [1.54, 1.807) is 13.2 Å². The molecule has 1 saturated carbocycles. The van der Waals surface area contributed by atoms with Crippen molar-refractivity contribution in [2.45, 2.75) is 94.2 Å². The number of unbranched alkanes of at least 4 members (excludes halogenated alkanes) is 2. The molecule has 7 rings (SSSR count). The van der Waals surface area contributed by atoms with Crippen molar-refractivity contribution in [3.63, 3.8) is 0 Å². The van der Waals surface area contributed by atoms with Crippen molar-refractivity contribution in [2.75, 3.05) is 26.7 Å². The molecule has 0 unspecified atom stereocenters. The minimum atomic E-state index is -0.287. The maximum atomic E-state index is 14.3. The number of Topliss-reactive ketones (excluding diaryl/α,β-unsaturated/α-hetero) is 1. The summed E-state index contributed by atoms with van der Waals surface area (Å²) in [4.78, 5) is 31.8. The Morgan fingerprint density at radius 2 is 1.80 bits per heavy atom. The maximum Gasteiger partial charge on any atom is 0.222 e. The Morgan fingerprint density at radius 1 is 1.04 bits per heavy atom. The largest absolute Gasteiger partial charge is 0.508 e. The van der Waals surface area contributed by atoms with Gasteiger partial charge in [0.05, 0.1) is 13.2 Å². The number of rotatable bonds is 15. The Balaban J connectivity index is 1.14. The van der Waals surface area contributed by atoms with Gasteiger partial charge in [0.1, 0.15) is 11.9 Å². The smallest absolute Gasteiger partial charge is 0.222 e. The Labute approximate surface area is 290 Å². The van der Waals surface area contributed by atoms with Crippen molar-refractivity contribution < 1.29 is 24.2 Å². The van der Waals surface area contributed by atoms with Crippen LogP contribution in [0.15, 0.2) is 79.4 Å². The molecule has 7 heteroatoms. The van der Waals surface area contributed by atoms with Crippen LogP contribution in [0, 0.1) is 5.92 Å². The highest BCUT2D eigenvalue weighted by Crippen LogP contribution is 2.65. The minimum absolute atomic E-state index is 0.0803. The maximum absolute atomic E-state index is 14.3. The molecule has 5 atom stereocenters. The molecule has 2 aliphatic carbocycles. The van der Waals surface area contributed by atoms with Crippen molar-refractivity contribution in [1.29, 1.82) is 0 Å². The number of hydrogen-bond acceptors (Lipinski definition) is 6. The van der Waals surface area contributed by atoms with E-state index in [0.29, 0.717) is 43.9 Å². The number of methoxy groups -OCH3 is 1. The lowest BCUT2D eigenvalue weighted by Crippen LogP contribution is -2.69. The molecule has 3 aromatic rings. The van der Waals surface area contributed by atoms with E-state index in [0.717, 1.165) is 80.5 Å². The number of phenolic OH excluding ortho intramolecular Hbond substituents is 1. The third kappa shape index (κ3) is 6.16. The molecule has 4 aliphatic rings. The van der Waals surface area contributed by atoms with Gasteiger partial charge in [-0.05, 0) is 75.8 Å². The average Bonchev–Trinajstić information content (AvgIpc) is 3.47. The molecule has 1 amide bonds. The van der Waals surface area contributed by atoms with Crippen LogP contribution in [0.5, 0.6) is 17.2 Å². The first-order valence-corrected chi connectivity index (χ1v) is 18.3. The predicted octanol–water partition coefficient (Wildman–Crippen LogP) is 7.29. The molecule has 1 saturated heterocycles. The molecule has 258 valence electrons. The molecule has 49 heavy (non-hydrogen) atoms. The quantitative estimate of drug-likeness (QED) is 0.105. The van der Waals surface area contributed by atoms with Crippen LogP contribution in [-0.2, 0) is 23.1 Å². The van der Waals surface area contributed by atoms with Gasteiger partial charge in [0.15, 0.2) is 17.3 Å². The first-order valence-electron chi connectivity index (χ1n) is 18.3. The second-order valence-electron chi connectivity index (χ2n) is 14.4. The molecule has 0 radical (unpaired) electrons. The van der Waals surface area contributed by atoms with Gasteiger partial charge in [-0.1, -0.05) is 66.7 Å². The van der Waals surface area contributed by atoms with Crippen LogP contribution in [0.2, 0.25) is 0 Å². The van der Waals surface area contributed by atoms with Crippen molar-refractivity contribution in [2.24, 2.45) is 5.92 Å². The lowest BCUT2D eigenvalue weighted by Gasteiger charge is -2.60. The molecular formula is C42H50N2O5. The number of nitrogens with zero attached hydrogens (tertiary/aromatic N) is 2. The normalized spacial score (nSPS) is 24.8. The van der Waals surface area contributed by atoms with Gasteiger partial charge < -0.3 is 19.5 Å². The van der Waals surface area contributed by atoms with Crippen LogP contribution in [0.1, 0.15) is 84.8 Å². The van der Waals surface area contributed by atoms with Crippen LogP contribution < -0.4 is 9.47 Å². The van der Waals surface area contributed by atoms with Gasteiger partial charge in [-0.25, -0.2) is 0 Å². The Kier molecular flexibility index (Phi) is 9.82. The van der Waals surface area contributed by atoms with E-state index in [4.69, 9.17) is 9.47 Å². The summed E-state index contributed by atoms with van der Waals surface area (Å²) in [5.41, 5.74) is 3.88. The lowest BCUT2D eigenvalue weighted by atomic mass is 9.50.